The summed E-state index contributed by atoms with van der Waals surface area (Å²) in [5.74, 6) is 0. The number of thiophene rings is 1. The lowest BCUT2D eigenvalue weighted by atomic mass is 10.1. The Kier molecular flexibility index (Phi) is 2.29. The molecule has 1 N–H and O–H groups in total. The molecule has 2 aromatic rings. The zero-order valence-corrected chi connectivity index (χ0v) is 9.93. The first kappa shape index (κ1) is 9.99. The summed E-state index contributed by atoms with van der Waals surface area (Å²) in [6.45, 7) is 5.25. The lowest BCUT2D eigenvalue weighted by Crippen LogP contribution is -2.29. The Labute approximate surface area is 96.9 Å². The SMILES string of the molecule is CCN1CCc2c(sc3nc[nH]c(=O)c23)C1. The van der Waals surface area contributed by atoms with Crippen LogP contribution in [-0.2, 0) is 13.0 Å². The molecule has 0 spiro atoms. The van der Waals surface area contributed by atoms with Gasteiger partial charge in [0, 0.05) is 18.0 Å². The minimum absolute atomic E-state index is 0.00690. The number of aromatic amines is 1. The number of H-pyrrole nitrogens is 1. The van der Waals surface area contributed by atoms with Crippen LogP contribution in [-0.4, -0.2) is 28.0 Å². The number of fused-ring (bicyclic) bond motifs is 3. The van der Waals surface area contributed by atoms with Crippen LogP contribution in [0.4, 0.5) is 0 Å². The molecule has 84 valence electrons. The molecule has 3 heterocycles. The van der Waals surface area contributed by atoms with Crippen LogP contribution in [0.1, 0.15) is 17.4 Å². The van der Waals surface area contributed by atoms with Gasteiger partial charge >= 0.3 is 0 Å². The van der Waals surface area contributed by atoms with Crippen molar-refractivity contribution in [3.05, 3.63) is 27.1 Å². The molecule has 0 atom stereocenters. The molecule has 0 unspecified atom stereocenters. The Morgan fingerprint density at radius 1 is 1.62 bits per heavy atom. The van der Waals surface area contributed by atoms with Gasteiger partial charge in [-0.2, -0.15) is 0 Å². The molecule has 0 saturated heterocycles. The molecule has 0 aliphatic carbocycles. The van der Waals surface area contributed by atoms with Crippen LogP contribution in [0.2, 0.25) is 0 Å². The molecule has 0 saturated carbocycles. The van der Waals surface area contributed by atoms with Crippen LogP contribution < -0.4 is 5.56 Å². The maximum atomic E-state index is 11.8. The second-order valence-corrected chi connectivity index (χ2v) is 5.12. The average Bonchev–Trinajstić information content (AvgIpc) is 2.67. The van der Waals surface area contributed by atoms with Crippen molar-refractivity contribution in [2.75, 3.05) is 13.1 Å². The Balaban J connectivity index is 2.21. The molecule has 0 aromatic carbocycles. The van der Waals surface area contributed by atoms with E-state index in [0.29, 0.717) is 0 Å². The second kappa shape index (κ2) is 3.68. The largest absolute Gasteiger partial charge is 0.313 e. The smallest absolute Gasteiger partial charge is 0.259 e. The molecule has 0 amide bonds. The van der Waals surface area contributed by atoms with Gasteiger partial charge in [-0.3, -0.25) is 9.69 Å². The highest BCUT2D eigenvalue weighted by molar-refractivity contribution is 7.18. The highest BCUT2D eigenvalue weighted by atomic mass is 32.1. The number of nitrogens with zero attached hydrogens (tertiary/aromatic N) is 2. The molecule has 3 rings (SSSR count). The number of hydrogen-bond donors (Lipinski definition) is 1. The van der Waals surface area contributed by atoms with E-state index in [9.17, 15) is 4.79 Å². The van der Waals surface area contributed by atoms with E-state index in [1.807, 2.05) is 0 Å². The fourth-order valence-corrected chi connectivity index (χ4v) is 3.49. The summed E-state index contributed by atoms with van der Waals surface area (Å²) in [6.07, 6.45) is 2.46. The van der Waals surface area contributed by atoms with E-state index in [1.54, 1.807) is 11.3 Å². The first-order chi connectivity index (χ1) is 7.79. The summed E-state index contributed by atoms with van der Waals surface area (Å²) >= 11 is 1.66. The summed E-state index contributed by atoms with van der Waals surface area (Å²) in [6, 6.07) is 0. The van der Waals surface area contributed by atoms with Gasteiger partial charge in [0.05, 0.1) is 11.7 Å². The van der Waals surface area contributed by atoms with E-state index in [0.717, 1.165) is 36.3 Å². The van der Waals surface area contributed by atoms with Crippen LogP contribution in [0, 0.1) is 0 Å². The predicted octanol–water partition coefficient (Wildman–Crippen LogP) is 1.36. The van der Waals surface area contributed by atoms with Gasteiger partial charge in [0.2, 0.25) is 0 Å². The van der Waals surface area contributed by atoms with Crippen molar-refractivity contribution in [2.24, 2.45) is 0 Å². The molecule has 5 heteroatoms. The summed E-state index contributed by atoms with van der Waals surface area (Å²) < 4.78 is 0. The van der Waals surface area contributed by atoms with Crippen LogP contribution in [0.3, 0.4) is 0 Å². The maximum absolute atomic E-state index is 11.8. The Hall–Kier alpha value is -1.20. The van der Waals surface area contributed by atoms with Gasteiger partial charge in [0.15, 0.2) is 0 Å². The monoisotopic (exact) mass is 235 g/mol. The number of nitrogens with one attached hydrogen (secondary N) is 1. The Morgan fingerprint density at radius 3 is 3.31 bits per heavy atom. The zero-order chi connectivity index (χ0) is 11.1. The summed E-state index contributed by atoms with van der Waals surface area (Å²) in [5.41, 5.74) is 1.23. The number of likely N-dealkylation sites (N-methyl/N-ethyl adjacent to an activating group) is 1. The highest BCUT2D eigenvalue weighted by Crippen LogP contribution is 2.31. The normalized spacial score (nSPS) is 16.6. The van der Waals surface area contributed by atoms with Gasteiger partial charge in [-0.1, -0.05) is 6.92 Å². The Morgan fingerprint density at radius 2 is 2.50 bits per heavy atom. The molecule has 0 fully saturated rings. The van der Waals surface area contributed by atoms with Gasteiger partial charge in [-0.25, -0.2) is 4.98 Å². The van der Waals surface area contributed by atoms with E-state index < -0.39 is 0 Å². The lowest BCUT2D eigenvalue weighted by molar-refractivity contribution is 0.272. The van der Waals surface area contributed by atoms with E-state index in [4.69, 9.17) is 0 Å². The van der Waals surface area contributed by atoms with Gasteiger partial charge in [0.25, 0.3) is 5.56 Å². The number of aromatic nitrogens is 2. The quantitative estimate of drug-likeness (QED) is 0.812. The van der Waals surface area contributed by atoms with Crippen molar-refractivity contribution in [3.8, 4) is 0 Å². The molecule has 16 heavy (non-hydrogen) atoms. The molecule has 0 radical (unpaired) electrons. The maximum Gasteiger partial charge on any atom is 0.259 e. The predicted molar refractivity (Wildman–Crippen MR) is 64.9 cm³/mol. The average molecular weight is 235 g/mol. The Bertz CT molecular complexity index is 586. The van der Waals surface area contributed by atoms with Gasteiger partial charge in [-0.15, -0.1) is 11.3 Å². The van der Waals surface area contributed by atoms with Crippen molar-refractivity contribution in [2.45, 2.75) is 19.9 Å². The lowest BCUT2D eigenvalue weighted by Gasteiger charge is -2.24. The zero-order valence-electron chi connectivity index (χ0n) is 9.12. The van der Waals surface area contributed by atoms with Gasteiger partial charge in [0.1, 0.15) is 4.83 Å². The van der Waals surface area contributed by atoms with Crippen LogP contribution in [0.15, 0.2) is 11.1 Å². The van der Waals surface area contributed by atoms with Crippen molar-refractivity contribution in [1.29, 1.82) is 0 Å². The summed E-state index contributed by atoms with van der Waals surface area (Å²) in [7, 11) is 0. The topological polar surface area (TPSA) is 49.0 Å². The van der Waals surface area contributed by atoms with Crippen LogP contribution in [0.5, 0.6) is 0 Å². The van der Waals surface area contributed by atoms with Crippen LogP contribution >= 0.6 is 11.3 Å². The van der Waals surface area contributed by atoms with Crippen molar-refractivity contribution < 1.29 is 0 Å². The summed E-state index contributed by atoms with van der Waals surface area (Å²) in [4.78, 5) is 23.3. The third-order valence-corrected chi connectivity index (χ3v) is 4.29. The van der Waals surface area contributed by atoms with E-state index in [-0.39, 0.29) is 5.56 Å². The summed E-state index contributed by atoms with van der Waals surface area (Å²) in [5, 5.41) is 0.818. The second-order valence-electron chi connectivity index (χ2n) is 4.03. The fraction of sp³-hybridized carbons (Fsp3) is 0.455. The first-order valence-electron chi connectivity index (χ1n) is 5.50. The van der Waals surface area contributed by atoms with Crippen molar-refractivity contribution >= 4 is 21.6 Å². The molecular weight excluding hydrogens is 222 g/mol. The molecule has 4 nitrogen and oxygen atoms in total. The van der Waals surface area contributed by atoms with Crippen molar-refractivity contribution in [3.63, 3.8) is 0 Å². The minimum Gasteiger partial charge on any atom is -0.313 e. The van der Waals surface area contributed by atoms with Crippen LogP contribution in [0.25, 0.3) is 10.2 Å². The molecule has 1 aliphatic rings. The molecular formula is C11H13N3OS. The highest BCUT2D eigenvalue weighted by Gasteiger charge is 2.21. The third-order valence-electron chi connectivity index (χ3n) is 3.17. The van der Waals surface area contributed by atoms with Crippen molar-refractivity contribution in [1.82, 2.24) is 14.9 Å². The molecule has 2 aromatic heterocycles. The van der Waals surface area contributed by atoms with E-state index >= 15 is 0 Å². The number of rotatable bonds is 1. The molecule has 1 aliphatic heterocycles. The first-order valence-corrected chi connectivity index (χ1v) is 6.31. The minimum atomic E-state index is 0.00690. The molecule has 0 bridgehead atoms. The van der Waals surface area contributed by atoms with Gasteiger partial charge in [-0.05, 0) is 18.5 Å². The standard InChI is InChI=1S/C11H13N3OS/c1-2-14-4-3-7-8(5-14)16-11-9(7)10(15)12-6-13-11/h6H,2-5H2,1H3,(H,12,13,15). The third kappa shape index (κ3) is 1.39. The van der Waals surface area contributed by atoms with Gasteiger partial charge < -0.3 is 4.98 Å². The van der Waals surface area contributed by atoms with E-state index in [2.05, 4.69) is 21.8 Å². The fourth-order valence-electron chi connectivity index (χ4n) is 2.26. The van der Waals surface area contributed by atoms with E-state index in [1.165, 1.54) is 16.8 Å². The number of hydrogen-bond acceptors (Lipinski definition) is 4.